The summed E-state index contributed by atoms with van der Waals surface area (Å²) in [5.41, 5.74) is 0.999. The van der Waals surface area contributed by atoms with Gasteiger partial charge in [0.1, 0.15) is 5.75 Å². The lowest BCUT2D eigenvalue weighted by atomic mass is 10.0. The fourth-order valence-electron chi connectivity index (χ4n) is 3.68. The minimum absolute atomic E-state index is 0.306. The highest BCUT2D eigenvalue weighted by Crippen LogP contribution is 2.33. The predicted molar refractivity (Wildman–Crippen MR) is 92.3 cm³/mol. The second-order valence-corrected chi connectivity index (χ2v) is 7.15. The maximum absolute atomic E-state index is 12.0. The molecule has 2 heterocycles. The van der Waals surface area contributed by atoms with Crippen molar-refractivity contribution in [3.05, 3.63) is 27.7 Å². The fraction of sp³-hybridized carbons (Fsp3) is 0.588. The Morgan fingerprint density at radius 2 is 2.09 bits per heavy atom. The van der Waals surface area contributed by atoms with Crippen LogP contribution in [-0.2, 0) is 11.3 Å². The Kier molecular flexibility index (Phi) is 5.34. The maximum Gasteiger partial charge on any atom is 0.222 e. The number of ether oxygens (including phenoxy) is 1. The summed E-state index contributed by atoms with van der Waals surface area (Å²) in [4.78, 5) is 16.4. The lowest BCUT2D eigenvalue weighted by molar-refractivity contribution is -0.130. The van der Waals surface area contributed by atoms with E-state index < -0.39 is 0 Å². The van der Waals surface area contributed by atoms with Crippen LogP contribution in [0.3, 0.4) is 0 Å². The summed E-state index contributed by atoms with van der Waals surface area (Å²) in [6.45, 7) is 3.57. The van der Waals surface area contributed by atoms with Crippen molar-refractivity contribution in [3.8, 4) is 5.75 Å². The van der Waals surface area contributed by atoms with Gasteiger partial charge < -0.3 is 9.64 Å². The molecule has 3 rings (SSSR count). The van der Waals surface area contributed by atoms with Crippen LogP contribution < -0.4 is 4.74 Å². The summed E-state index contributed by atoms with van der Waals surface area (Å²) in [6.07, 6.45) is 3.89. The van der Waals surface area contributed by atoms with Crippen LogP contribution in [0.4, 0.5) is 0 Å². The van der Waals surface area contributed by atoms with E-state index in [-0.39, 0.29) is 0 Å². The molecule has 0 aliphatic carbocycles. The molecule has 0 saturated carbocycles. The standard InChI is InChI=1S/C17H22Cl2N2O2/c1-23-17-12(8-13(18)9-15(17)19)10-20-6-2-4-14(11-20)21-7-3-5-16(21)22/h8-9,14H,2-7,10-11H2,1H3/t14-/m0/s1. The van der Waals surface area contributed by atoms with E-state index in [0.29, 0.717) is 34.2 Å². The number of piperidine rings is 1. The van der Waals surface area contributed by atoms with Gasteiger partial charge in [-0.15, -0.1) is 0 Å². The van der Waals surface area contributed by atoms with Gasteiger partial charge in [-0.1, -0.05) is 23.2 Å². The van der Waals surface area contributed by atoms with Gasteiger partial charge in [0.05, 0.1) is 12.1 Å². The Labute approximate surface area is 147 Å². The maximum atomic E-state index is 12.0. The number of amides is 1. The molecule has 126 valence electrons. The third-order valence-corrected chi connectivity index (χ3v) is 5.21. The smallest absolute Gasteiger partial charge is 0.222 e. The number of likely N-dealkylation sites (tertiary alicyclic amines) is 2. The normalized spacial score (nSPS) is 22.7. The molecule has 0 spiro atoms. The molecule has 1 amide bonds. The van der Waals surface area contributed by atoms with Crippen LogP contribution in [0.5, 0.6) is 5.75 Å². The lowest BCUT2D eigenvalue weighted by Crippen LogP contribution is -2.48. The first-order valence-electron chi connectivity index (χ1n) is 8.12. The molecule has 0 unspecified atom stereocenters. The second-order valence-electron chi connectivity index (χ2n) is 6.30. The molecule has 6 heteroatoms. The van der Waals surface area contributed by atoms with Crippen LogP contribution in [0.15, 0.2) is 12.1 Å². The third kappa shape index (κ3) is 3.76. The molecule has 23 heavy (non-hydrogen) atoms. The van der Waals surface area contributed by atoms with E-state index in [1.165, 1.54) is 0 Å². The largest absolute Gasteiger partial charge is 0.495 e. The minimum atomic E-state index is 0.306. The van der Waals surface area contributed by atoms with E-state index >= 15 is 0 Å². The Bertz CT molecular complexity index is 594. The first-order chi connectivity index (χ1) is 11.1. The van der Waals surface area contributed by atoms with Crippen molar-refractivity contribution in [2.24, 2.45) is 0 Å². The second kappa shape index (κ2) is 7.29. The van der Waals surface area contributed by atoms with E-state index in [2.05, 4.69) is 9.80 Å². The van der Waals surface area contributed by atoms with Crippen molar-refractivity contribution in [1.82, 2.24) is 9.80 Å². The van der Waals surface area contributed by atoms with Gasteiger partial charge in [-0.05, 0) is 37.9 Å². The van der Waals surface area contributed by atoms with E-state index in [0.717, 1.165) is 51.0 Å². The van der Waals surface area contributed by atoms with Crippen LogP contribution >= 0.6 is 23.2 Å². The summed E-state index contributed by atoms with van der Waals surface area (Å²) in [6, 6.07) is 3.95. The van der Waals surface area contributed by atoms with Gasteiger partial charge >= 0.3 is 0 Å². The number of rotatable bonds is 4. The van der Waals surface area contributed by atoms with E-state index in [1.54, 1.807) is 13.2 Å². The van der Waals surface area contributed by atoms with Gasteiger partial charge in [0.2, 0.25) is 5.91 Å². The molecule has 2 aliphatic rings. The Morgan fingerprint density at radius 1 is 1.26 bits per heavy atom. The van der Waals surface area contributed by atoms with Crippen molar-refractivity contribution in [1.29, 1.82) is 0 Å². The summed E-state index contributed by atoms with van der Waals surface area (Å²) in [5.74, 6) is 0.996. The fourth-order valence-corrected chi connectivity index (χ4v) is 4.30. The highest BCUT2D eigenvalue weighted by atomic mass is 35.5. The zero-order valence-electron chi connectivity index (χ0n) is 13.4. The molecule has 1 atom stereocenters. The summed E-state index contributed by atoms with van der Waals surface area (Å²) >= 11 is 12.4. The highest BCUT2D eigenvalue weighted by Gasteiger charge is 2.31. The number of hydrogen-bond donors (Lipinski definition) is 0. The summed E-state index contributed by atoms with van der Waals surface area (Å²) < 4.78 is 5.43. The van der Waals surface area contributed by atoms with Crippen molar-refractivity contribution < 1.29 is 9.53 Å². The molecule has 1 aromatic carbocycles. The minimum Gasteiger partial charge on any atom is -0.495 e. The molecule has 0 aromatic heterocycles. The van der Waals surface area contributed by atoms with Gasteiger partial charge in [0.25, 0.3) is 0 Å². The number of halogens is 2. The first kappa shape index (κ1) is 16.9. The molecule has 2 saturated heterocycles. The average molecular weight is 357 g/mol. The number of carbonyl (C=O) groups is 1. The van der Waals surface area contributed by atoms with E-state index in [1.807, 2.05) is 6.07 Å². The molecule has 0 bridgehead atoms. The number of carbonyl (C=O) groups excluding carboxylic acids is 1. The molecule has 4 nitrogen and oxygen atoms in total. The SMILES string of the molecule is COc1c(Cl)cc(Cl)cc1CN1CCC[C@H](N2CCCC2=O)C1. The molecule has 2 aliphatic heterocycles. The average Bonchev–Trinajstić information content (AvgIpc) is 2.93. The molecule has 2 fully saturated rings. The zero-order valence-corrected chi connectivity index (χ0v) is 14.9. The van der Waals surface area contributed by atoms with Gasteiger partial charge in [-0.3, -0.25) is 9.69 Å². The van der Waals surface area contributed by atoms with Crippen LogP contribution in [0.2, 0.25) is 10.0 Å². The van der Waals surface area contributed by atoms with Crippen LogP contribution in [0.1, 0.15) is 31.2 Å². The Hall–Kier alpha value is -0.970. The lowest BCUT2D eigenvalue weighted by Gasteiger charge is -2.37. The molecular formula is C17H22Cl2N2O2. The number of methoxy groups -OCH3 is 1. The Balaban J connectivity index is 1.72. The molecule has 0 N–H and O–H groups in total. The van der Waals surface area contributed by atoms with Gasteiger partial charge in [0, 0.05) is 42.7 Å². The van der Waals surface area contributed by atoms with Crippen LogP contribution in [-0.4, -0.2) is 48.5 Å². The first-order valence-corrected chi connectivity index (χ1v) is 8.88. The number of benzene rings is 1. The topological polar surface area (TPSA) is 32.8 Å². The van der Waals surface area contributed by atoms with E-state index in [9.17, 15) is 4.79 Å². The zero-order chi connectivity index (χ0) is 16.4. The van der Waals surface area contributed by atoms with Gasteiger partial charge in [0.15, 0.2) is 0 Å². The van der Waals surface area contributed by atoms with Crippen molar-refractivity contribution in [2.45, 2.75) is 38.3 Å². The monoisotopic (exact) mass is 356 g/mol. The predicted octanol–water partition coefficient (Wildman–Crippen LogP) is 3.59. The van der Waals surface area contributed by atoms with Gasteiger partial charge in [-0.2, -0.15) is 0 Å². The molecule has 1 aromatic rings. The summed E-state index contributed by atoms with van der Waals surface area (Å²) in [5, 5.41) is 1.16. The van der Waals surface area contributed by atoms with Crippen LogP contribution in [0.25, 0.3) is 0 Å². The van der Waals surface area contributed by atoms with E-state index in [4.69, 9.17) is 27.9 Å². The number of nitrogens with zero attached hydrogens (tertiary/aromatic N) is 2. The van der Waals surface area contributed by atoms with Crippen LogP contribution in [0, 0.1) is 0 Å². The van der Waals surface area contributed by atoms with Crippen molar-refractivity contribution in [2.75, 3.05) is 26.7 Å². The summed E-state index contributed by atoms with van der Waals surface area (Å²) in [7, 11) is 1.63. The van der Waals surface area contributed by atoms with Gasteiger partial charge in [-0.25, -0.2) is 0 Å². The highest BCUT2D eigenvalue weighted by molar-refractivity contribution is 6.35. The molecule has 0 radical (unpaired) electrons. The van der Waals surface area contributed by atoms with Crippen molar-refractivity contribution >= 4 is 29.1 Å². The molecular weight excluding hydrogens is 335 g/mol. The Morgan fingerprint density at radius 3 is 2.78 bits per heavy atom. The van der Waals surface area contributed by atoms with Crippen molar-refractivity contribution in [3.63, 3.8) is 0 Å². The third-order valence-electron chi connectivity index (χ3n) is 4.71. The number of hydrogen-bond acceptors (Lipinski definition) is 3. The quantitative estimate of drug-likeness (QED) is 0.826.